The molecule has 0 aliphatic heterocycles. The lowest BCUT2D eigenvalue weighted by Gasteiger charge is -2.16. The Bertz CT molecular complexity index is 401. The largest absolute Gasteiger partial charge is 0.508 e. The van der Waals surface area contributed by atoms with Crippen LogP contribution in [0.15, 0.2) is 12.1 Å². The van der Waals surface area contributed by atoms with Crippen molar-refractivity contribution in [1.82, 2.24) is 0 Å². The van der Waals surface area contributed by atoms with Gasteiger partial charge in [-0.3, -0.25) is 4.79 Å². The average Bonchev–Trinajstić information content (AvgIpc) is 2.20. The van der Waals surface area contributed by atoms with Crippen LogP contribution in [-0.4, -0.2) is 22.7 Å². The summed E-state index contributed by atoms with van der Waals surface area (Å²) in [6.07, 6.45) is -0.0629. The first kappa shape index (κ1) is 12.5. The van der Waals surface area contributed by atoms with Crippen LogP contribution in [-0.2, 0) is 4.79 Å². The SMILES string of the molecule is Cc1cc(O)c(C(CN)CC(=O)O)cc1C. The monoisotopic (exact) mass is 223 g/mol. The molecule has 0 amide bonds. The fourth-order valence-corrected chi connectivity index (χ4v) is 1.68. The summed E-state index contributed by atoms with van der Waals surface area (Å²) in [5, 5.41) is 18.5. The van der Waals surface area contributed by atoms with Crippen molar-refractivity contribution >= 4 is 5.97 Å². The van der Waals surface area contributed by atoms with Crippen molar-refractivity contribution in [2.24, 2.45) is 5.73 Å². The van der Waals surface area contributed by atoms with Gasteiger partial charge in [0.1, 0.15) is 5.75 Å². The number of aryl methyl sites for hydroxylation is 2. The number of benzene rings is 1. The van der Waals surface area contributed by atoms with E-state index >= 15 is 0 Å². The topological polar surface area (TPSA) is 83.5 Å². The first-order valence-corrected chi connectivity index (χ1v) is 5.17. The van der Waals surface area contributed by atoms with Gasteiger partial charge >= 0.3 is 5.97 Å². The first-order valence-electron chi connectivity index (χ1n) is 5.17. The van der Waals surface area contributed by atoms with E-state index in [0.29, 0.717) is 5.56 Å². The molecule has 0 saturated heterocycles. The van der Waals surface area contributed by atoms with Gasteiger partial charge in [0.2, 0.25) is 0 Å². The molecule has 0 heterocycles. The molecule has 0 aliphatic rings. The highest BCUT2D eigenvalue weighted by molar-refractivity contribution is 5.68. The van der Waals surface area contributed by atoms with E-state index in [4.69, 9.17) is 10.8 Å². The zero-order valence-electron chi connectivity index (χ0n) is 9.53. The molecule has 4 N–H and O–H groups in total. The quantitative estimate of drug-likeness (QED) is 0.722. The number of rotatable bonds is 4. The normalized spacial score (nSPS) is 12.4. The lowest BCUT2D eigenvalue weighted by Crippen LogP contribution is -2.16. The van der Waals surface area contributed by atoms with Gasteiger partial charge in [-0.05, 0) is 43.1 Å². The molecule has 0 saturated carbocycles. The fraction of sp³-hybridized carbons (Fsp3) is 0.417. The molecule has 1 unspecified atom stereocenters. The third-order valence-corrected chi connectivity index (χ3v) is 2.79. The lowest BCUT2D eigenvalue weighted by molar-refractivity contribution is -0.137. The molecular weight excluding hydrogens is 206 g/mol. The maximum Gasteiger partial charge on any atom is 0.304 e. The zero-order chi connectivity index (χ0) is 12.3. The Morgan fingerprint density at radius 3 is 2.44 bits per heavy atom. The summed E-state index contributed by atoms with van der Waals surface area (Å²) in [4.78, 5) is 10.7. The van der Waals surface area contributed by atoms with Crippen molar-refractivity contribution < 1.29 is 15.0 Å². The Hall–Kier alpha value is -1.55. The molecule has 88 valence electrons. The maximum atomic E-state index is 10.7. The van der Waals surface area contributed by atoms with Crippen LogP contribution in [0.4, 0.5) is 0 Å². The number of phenols is 1. The molecule has 0 bridgehead atoms. The molecule has 1 atom stereocenters. The van der Waals surface area contributed by atoms with Crippen molar-refractivity contribution in [3.63, 3.8) is 0 Å². The second-order valence-corrected chi connectivity index (χ2v) is 4.03. The molecule has 0 spiro atoms. The minimum absolute atomic E-state index is 0.0629. The van der Waals surface area contributed by atoms with Gasteiger partial charge in [-0.15, -0.1) is 0 Å². The Morgan fingerprint density at radius 1 is 1.38 bits per heavy atom. The van der Waals surface area contributed by atoms with Gasteiger partial charge in [-0.2, -0.15) is 0 Å². The van der Waals surface area contributed by atoms with Gasteiger partial charge in [0.15, 0.2) is 0 Å². The van der Waals surface area contributed by atoms with Crippen LogP contribution in [0.1, 0.15) is 29.0 Å². The summed E-state index contributed by atoms with van der Waals surface area (Å²) in [6, 6.07) is 3.46. The summed E-state index contributed by atoms with van der Waals surface area (Å²) >= 11 is 0. The van der Waals surface area contributed by atoms with Gasteiger partial charge in [0.25, 0.3) is 0 Å². The highest BCUT2D eigenvalue weighted by Gasteiger charge is 2.18. The Kier molecular flexibility index (Phi) is 3.90. The number of carboxylic acid groups (broad SMARTS) is 1. The molecule has 1 aromatic rings. The lowest BCUT2D eigenvalue weighted by atomic mass is 9.92. The minimum atomic E-state index is -0.909. The molecule has 0 aromatic heterocycles. The standard InChI is InChI=1S/C12H17NO3/c1-7-3-10(11(14)4-8(7)2)9(6-13)5-12(15)16/h3-4,9,14H,5-6,13H2,1-2H3,(H,15,16). The number of carboxylic acids is 1. The molecule has 0 aliphatic carbocycles. The van der Waals surface area contributed by atoms with Crippen molar-refractivity contribution in [3.8, 4) is 5.75 Å². The summed E-state index contributed by atoms with van der Waals surface area (Å²) in [5.74, 6) is -1.12. The molecular formula is C12H17NO3. The second kappa shape index (κ2) is 4.99. The van der Waals surface area contributed by atoms with E-state index in [1.807, 2.05) is 19.9 Å². The van der Waals surface area contributed by atoms with Crippen LogP contribution in [0, 0.1) is 13.8 Å². The number of aliphatic carboxylic acids is 1. The second-order valence-electron chi connectivity index (χ2n) is 4.03. The van der Waals surface area contributed by atoms with Crippen LogP contribution < -0.4 is 5.73 Å². The van der Waals surface area contributed by atoms with Crippen LogP contribution >= 0.6 is 0 Å². The fourth-order valence-electron chi connectivity index (χ4n) is 1.68. The van der Waals surface area contributed by atoms with Gasteiger partial charge in [-0.1, -0.05) is 6.07 Å². The molecule has 4 heteroatoms. The summed E-state index contributed by atoms with van der Waals surface area (Å²) in [7, 11) is 0. The van der Waals surface area contributed by atoms with Crippen molar-refractivity contribution in [2.45, 2.75) is 26.2 Å². The average molecular weight is 223 g/mol. The van der Waals surface area contributed by atoms with Crippen LogP contribution in [0.2, 0.25) is 0 Å². The minimum Gasteiger partial charge on any atom is -0.508 e. The maximum absolute atomic E-state index is 10.7. The summed E-state index contributed by atoms with van der Waals surface area (Å²) in [6.45, 7) is 4.03. The summed E-state index contributed by atoms with van der Waals surface area (Å²) in [5.41, 5.74) is 8.16. The zero-order valence-corrected chi connectivity index (χ0v) is 9.53. The number of nitrogens with two attached hydrogens (primary N) is 1. The van der Waals surface area contributed by atoms with E-state index in [0.717, 1.165) is 11.1 Å². The van der Waals surface area contributed by atoms with E-state index in [9.17, 15) is 9.90 Å². The Balaban J connectivity index is 3.09. The highest BCUT2D eigenvalue weighted by atomic mass is 16.4. The number of aromatic hydroxyl groups is 1. The Morgan fingerprint density at radius 2 is 1.94 bits per heavy atom. The third kappa shape index (κ3) is 2.73. The van der Waals surface area contributed by atoms with Gasteiger partial charge in [0.05, 0.1) is 6.42 Å². The number of hydrogen-bond donors (Lipinski definition) is 3. The highest BCUT2D eigenvalue weighted by Crippen LogP contribution is 2.30. The van der Waals surface area contributed by atoms with Gasteiger partial charge in [-0.25, -0.2) is 0 Å². The van der Waals surface area contributed by atoms with E-state index in [2.05, 4.69) is 0 Å². The van der Waals surface area contributed by atoms with E-state index < -0.39 is 5.97 Å². The van der Waals surface area contributed by atoms with Crippen LogP contribution in [0.25, 0.3) is 0 Å². The third-order valence-electron chi connectivity index (χ3n) is 2.79. The van der Waals surface area contributed by atoms with E-state index in [1.165, 1.54) is 0 Å². The van der Waals surface area contributed by atoms with Gasteiger partial charge in [0, 0.05) is 5.92 Å². The van der Waals surface area contributed by atoms with Crippen molar-refractivity contribution in [1.29, 1.82) is 0 Å². The summed E-state index contributed by atoms with van der Waals surface area (Å²) < 4.78 is 0. The number of carbonyl (C=O) groups is 1. The first-order chi connectivity index (χ1) is 7.45. The molecule has 4 nitrogen and oxygen atoms in total. The smallest absolute Gasteiger partial charge is 0.304 e. The van der Waals surface area contributed by atoms with Gasteiger partial charge < -0.3 is 15.9 Å². The molecule has 0 radical (unpaired) electrons. The predicted molar refractivity (Wildman–Crippen MR) is 61.6 cm³/mol. The molecule has 16 heavy (non-hydrogen) atoms. The predicted octanol–water partition coefficient (Wildman–Crippen LogP) is 1.53. The Labute approximate surface area is 94.7 Å². The molecule has 1 rings (SSSR count). The van der Waals surface area contributed by atoms with Crippen LogP contribution in [0.5, 0.6) is 5.75 Å². The van der Waals surface area contributed by atoms with Crippen molar-refractivity contribution in [3.05, 3.63) is 28.8 Å². The number of hydrogen-bond acceptors (Lipinski definition) is 3. The van der Waals surface area contributed by atoms with E-state index in [-0.39, 0.29) is 24.6 Å². The molecule has 0 fully saturated rings. The van der Waals surface area contributed by atoms with Crippen molar-refractivity contribution in [2.75, 3.05) is 6.54 Å². The van der Waals surface area contributed by atoms with Crippen LogP contribution in [0.3, 0.4) is 0 Å². The van der Waals surface area contributed by atoms with E-state index in [1.54, 1.807) is 6.07 Å². The molecule has 1 aromatic carbocycles. The number of phenolic OH excluding ortho intramolecular Hbond substituents is 1.